The molecule has 0 saturated heterocycles. The van der Waals surface area contributed by atoms with Gasteiger partial charge in [-0.25, -0.2) is 0 Å². The molecule has 42 heavy (non-hydrogen) atoms. The van der Waals surface area contributed by atoms with Crippen LogP contribution < -0.4 is 0 Å². The maximum absolute atomic E-state index is 10.4. The zero-order valence-corrected chi connectivity index (χ0v) is 22.5. The summed E-state index contributed by atoms with van der Waals surface area (Å²) in [6.45, 7) is 0. The number of nitrogens with zero attached hydrogens (tertiary/aromatic N) is 3. The van der Waals surface area contributed by atoms with Crippen LogP contribution in [0.2, 0.25) is 0 Å². The van der Waals surface area contributed by atoms with Crippen LogP contribution in [-0.2, 0) is 0 Å². The second-order valence-electron chi connectivity index (χ2n) is 10.9. The van der Waals surface area contributed by atoms with Crippen molar-refractivity contribution in [1.29, 1.82) is 15.8 Å². The van der Waals surface area contributed by atoms with E-state index in [0.29, 0.717) is 16.7 Å². The highest BCUT2D eigenvalue weighted by Crippen LogP contribution is 2.60. The van der Waals surface area contributed by atoms with E-state index in [4.69, 9.17) is 0 Å². The molecule has 0 radical (unpaired) electrons. The largest absolute Gasteiger partial charge is 0.192 e. The van der Waals surface area contributed by atoms with Crippen LogP contribution in [0.25, 0.3) is 33.0 Å². The summed E-state index contributed by atoms with van der Waals surface area (Å²) >= 11 is 0. The van der Waals surface area contributed by atoms with Gasteiger partial charge in [0.25, 0.3) is 0 Å². The molecule has 3 aliphatic rings. The summed E-state index contributed by atoms with van der Waals surface area (Å²) in [7, 11) is 0. The minimum atomic E-state index is -0.369. The molecule has 0 aliphatic heterocycles. The van der Waals surface area contributed by atoms with Crippen molar-refractivity contribution in [3.63, 3.8) is 0 Å². The first-order chi connectivity index (χ1) is 20.7. The minimum absolute atomic E-state index is 0.201. The van der Waals surface area contributed by atoms with E-state index in [1.54, 1.807) is 0 Å². The zero-order chi connectivity index (χ0) is 28.4. The summed E-state index contributed by atoms with van der Waals surface area (Å²) < 4.78 is 0. The fraction of sp³-hybridized carbons (Fsp3) is 0.0513. The van der Waals surface area contributed by atoms with Gasteiger partial charge >= 0.3 is 0 Å². The molecule has 0 aromatic heterocycles. The van der Waals surface area contributed by atoms with Gasteiger partial charge < -0.3 is 0 Å². The van der Waals surface area contributed by atoms with Crippen molar-refractivity contribution in [3.8, 4) is 40.5 Å². The van der Waals surface area contributed by atoms with Gasteiger partial charge in [0.15, 0.2) is 0 Å². The van der Waals surface area contributed by atoms with Crippen LogP contribution in [0.5, 0.6) is 0 Å². The van der Waals surface area contributed by atoms with Gasteiger partial charge in [-0.05, 0) is 84.6 Å². The Morgan fingerprint density at radius 2 is 0.905 bits per heavy atom. The molecule has 0 heterocycles. The third-order valence-electron chi connectivity index (χ3n) is 9.00. The topological polar surface area (TPSA) is 71.4 Å². The summed E-state index contributed by atoms with van der Waals surface area (Å²) in [6.07, 6.45) is 0. The van der Waals surface area contributed by atoms with Crippen molar-refractivity contribution >= 4 is 10.8 Å². The van der Waals surface area contributed by atoms with E-state index < -0.39 is 0 Å². The Hall–Kier alpha value is -5.95. The van der Waals surface area contributed by atoms with Crippen LogP contribution >= 0.6 is 0 Å². The predicted molar refractivity (Wildman–Crippen MR) is 164 cm³/mol. The van der Waals surface area contributed by atoms with Crippen LogP contribution in [0, 0.1) is 34.0 Å². The molecule has 3 heteroatoms. The summed E-state index contributed by atoms with van der Waals surface area (Å²) in [4.78, 5) is 0. The molecule has 0 amide bonds. The fourth-order valence-corrected chi connectivity index (χ4v) is 7.41. The summed E-state index contributed by atoms with van der Waals surface area (Å²) in [5, 5.41) is 33.0. The number of nitriles is 3. The highest BCUT2D eigenvalue weighted by Gasteiger charge is 2.46. The third-order valence-corrected chi connectivity index (χ3v) is 9.00. The molecule has 0 unspecified atom stereocenters. The Bertz CT molecular complexity index is 2170. The van der Waals surface area contributed by atoms with Crippen molar-refractivity contribution in [2.45, 2.75) is 11.8 Å². The Kier molecular flexibility index (Phi) is 5.14. The lowest BCUT2D eigenvalue weighted by Crippen LogP contribution is -2.30. The maximum Gasteiger partial charge on any atom is 0.0994 e. The highest BCUT2D eigenvalue weighted by molar-refractivity contribution is 6.06. The monoisotopic (exact) mass is 531 g/mol. The Morgan fingerprint density at radius 1 is 0.381 bits per heavy atom. The Balaban J connectivity index is 1.48. The van der Waals surface area contributed by atoms with Crippen molar-refractivity contribution in [3.05, 3.63) is 165 Å². The Labute approximate surface area is 243 Å². The quantitative estimate of drug-likeness (QED) is 0.224. The first kappa shape index (κ1) is 23.9. The fourth-order valence-electron chi connectivity index (χ4n) is 7.41. The molecule has 0 N–H and O–H groups in total. The van der Waals surface area contributed by atoms with Gasteiger partial charge in [0.2, 0.25) is 0 Å². The van der Waals surface area contributed by atoms with E-state index in [1.807, 2.05) is 36.4 Å². The summed E-state index contributed by atoms with van der Waals surface area (Å²) in [5.74, 6) is -0.571. The second-order valence-corrected chi connectivity index (χ2v) is 10.9. The SMILES string of the molecule is N#Cc1cccc2c1C1c3c(C#N)cccc3C2c2c(-c3ccc(-c4ccccc4)c4ccccc34)ccc(C#N)c21. The number of hydrogen-bond donors (Lipinski definition) is 0. The zero-order valence-electron chi connectivity index (χ0n) is 22.5. The van der Waals surface area contributed by atoms with Gasteiger partial charge in [-0.3, -0.25) is 0 Å². The number of rotatable bonds is 2. The van der Waals surface area contributed by atoms with E-state index in [2.05, 4.69) is 97.1 Å². The third kappa shape index (κ3) is 3.13. The van der Waals surface area contributed by atoms with Crippen LogP contribution in [0.1, 0.15) is 61.9 Å². The summed E-state index contributed by atoms with van der Waals surface area (Å²) in [5.41, 5.74) is 12.3. The number of fused-ring (bicyclic) bond motifs is 1. The Morgan fingerprint density at radius 3 is 1.52 bits per heavy atom. The molecule has 6 aromatic carbocycles. The average Bonchev–Trinajstić information content (AvgIpc) is 3.06. The maximum atomic E-state index is 10.4. The smallest absolute Gasteiger partial charge is 0.0994 e. The molecule has 9 rings (SSSR count). The molecule has 3 aliphatic carbocycles. The molecule has 0 fully saturated rings. The van der Waals surface area contributed by atoms with Gasteiger partial charge in [-0.1, -0.05) is 97.1 Å². The molecule has 2 bridgehead atoms. The standard InChI is InChI=1S/C39H21N3/c40-20-24-10-6-14-32-34(24)39-35-25(21-41)11-7-15-33(35)37(32)38-31(17-16-26(22-42)36(38)39)30-19-18-27(23-8-2-1-3-9-23)28-12-4-5-13-29(28)30/h1-19,37,39H. The van der Waals surface area contributed by atoms with E-state index in [9.17, 15) is 15.8 Å². The van der Waals surface area contributed by atoms with Crippen LogP contribution in [0.15, 0.2) is 115 Å². The molecule has 0 spiro atoms. The van der Waals surface area contributed by atoms with E-state index in [0.717, 1.165) is 55.5 Å². The van der Waals surface area contributed by atoms with Gasteiger partial charge in [0, 0.05) is 11.8 Å². The van der Waals surface area contributed by atoms with E-state index in [-0.39, 0.29) is 11.8 Å². The summed E-state index contributed by atoms with van der Waals surface area (Å²) in [6, 6.07) is 46.4. The first-order valence-electron chi connectivity index (χ1n) is 14.0. The molecule has 3 nitrogen and oxygen atoms in total. The lowest BCUT2D eigenvalue weighted by Gasteiger charge is -2.44. The molecule has 192 valence electrons. The van der Waals surface area contributed by atoms with Crippen LogP contribution in [0.3, 0.4) is 0 Å². The second kappa shape index (κ2) is 9.04. The van der Waals surface area contributed by atoms with Crippen molar-refractivity contribution in [2.75, 3.05) is 0 Å². The van der Waals surface area contributed by atoms with Gasteiger partial charge in [0.05, 0.1) is 34.9 Å². The number of hydrogen-bond acceptors (Lipinski definition) is 3. The normalized spacial score (nSPS) is 15.5. The van der Waals surface area contributed by atoms with E-state index in [1.165, 1.54) is 10.9 Å². The van der Waals surface area contributed by atoms with Crippen LogP contribution in [-0.4, -0.2) is 0 Å². The van der Waals surface area contributed by atoms with Gasteiger partial charge in [-0.2, -0.15) is 15.8 Å². The van der Waals surface area contributed by atoms with Crippen LogP contribution in [0.4, 0.5) is 0 Å². The van der Waals surface area contributed by atoms with E-state index >= 15 is 0 Å². The molecule has 6 aromatic rings. The van der Waals surface area contributed by atoms with Gasteiger partial charge in [0.1, 0.15) is 0 Å². The van der Waals surface area contributed by atoms with Crippen molar-refractivity contribution < 1.29 is 0 Å². The molecular weight excluding hydrogens is 510 g/mol. The lowest BCUT2D eigenvalue weighted by atomic mass is 9.57. The minimum Gasteiger partial charge on any atom is -0.192 e. The van der Waals surface area contributed by atoms with Crippen molar-refractivity contribution in [1.82, 2.24) is 0 Å². The first-order valence-corrected chi connectivity index (χ1v) is 14.0. The molecular formula is C39H21N3. The average molecular weight is 532 g/mol. The number of benzene rings is 6. The van der Waals surface area contributed by atoms with Crippen molar-refractivity contribution in [2.24, 2.45) is 0 Å². The lowest BCUT2D eigenvalue weighted by molar-refractivity contribution is 0.749. The predicted octanol–water partition coefficient (Wildman–Crippen LogP) is 8.78. The molecule has 0 atom stereocenters. The molecule has 0 saturated carbocycles. The highest BCUT2D eigenvalue weighted by atomic mass is 14.5. The van der Waals surface area contributed by atoms with Gasteiger partial charge in [-0.15, -0.1) is 0 Å².